The molecule has 0 saturated carbocycles. The van der Waals surface area contributed by atoms with E-state index in [1.54, 1.807) is 24.3 Å². The molecule has 0 heterocycles. The summed E-state index contributed by atoms with van der Waals surface area (Å²) in [5.74, 6) is 0.287. The Morgan fingerprint density at radius 2 is 0.900 bits per heavy atom. The molecule has 0 spiro atoms. The van der Waals surface area contributed by atoms with E-state index >= 15 is 0 Å². The summed E-state index contributed by atoms with van der Waals surface area (Å²) in [6.07, 6.45) is 9.56. The lowest BCUT2D eigenvalue weighted by atomic mass is 10.0. The lowest BCUT2D eigenvalue weighted by molar-refractivity contribution is 0.00758. The van der Waals surface area contributed by atoms with Gasteiger partial charge in [0.05, 0.1) is 50.8 Å². The molecule has 0 N–H and O–H groups in total. The SMILES string of the molecule is CCCCC(CC)COCCOCCOC(=O)c1ccc(C(=O)OCCOCCOCC(CC)CCCC)cc1. The molecule has 0 aromatic heterocycles. The first-order valence-electron chi connectivity index (χ1n) is 15.3. The molecule has 0 aliphatic rings. The molecule has 2 atom stereocenters. The van der Waals surface area contributed by atoms with Gasteiger partial charge in [0.2, 0.25) is 0 Å². The Kier molecular flexibility index (Phi) is 22.3. The largest absolute Gasteiger partial charge is 0.460 e. The van der Waals surface area contributed by atoms with E-state index in [2.05, 4.69) is 27.7 Å². The average molecular weight is 567 g/mol. The van der Waals surface area contributed by atoms with Crippen molar-refractivity contribution < 1.29 is 38.0 Å². The minimum atomic E-state index is -0.465. The van der Waals surface area contributed by atoms with Crippen LogP contribution in [-0.4, -0.2) is 78.0 Å². The number of carbonyl (C=O) groups excluding carboxylic acids is 2. The molecule has 2 unspecified atom stereocenters. The number of rotatable bonds is 26. The minimum Gasteiger partial charge on any atom is -0.460 e. The third kappa shape index (κ3) is 17.6. The Morgan fingerprint density at radius 1 is 0.550 bits per heavy atom. The van der Waals surface area contributed by atoms with Crippen molar-refractivity contribution in [3.05, 3.63) is 35.4 Å². The maximum Gasteiger partial charge on any atom is 0.338 e. The predicted molar refractivity (Wildman–Crippen MR) is 157 cm³/mol. The topological polar surface area (TPSA) is 89.5 Å². The van der Waals surface area contributed by atoms with Crippen LogP contribution < -0.4 is 0 Å². The smallest absolute Gasteiger partial charge is 0.338 e. The zero-order chi connectivity index (χ0) is 29.3. The van der Waals surface area contributed by atoms with E-state index in [1.165, 1.54) is 38.5 Å². The molecular weight excluding hydrogens is 512 g/mol. The van der Waals surface area contributed by atoms with E-state index in [4.69, 9.17) is 28.4 Å². The molecule has 1 aromatic rings. The number of hydrogen-bond acceptors (Lipinski definition) is 8. The highest BCUT2D eigenvalue weighted by atomic mass is 16.6. The number of hydrogen-bond donors (Lipinski definition) is 0. The molecule has 8 nitrogen and oxygen atoms in total. The standard InChI is InChI=1S/C32H54O8/c1-5-9-11-27(7-3)25-37-19-17-35-21-23-39-31(33)29-13-15-30(16-14-29)32(34)40-24-22-36-18-20-38-26-28(8-4)12-10-6-2/h13-16,27-28H,5-12,17-26H2,1-4H3. The summed E-state index contributed by atoms with van der Waals surface area (Å²) in [5, 5.41) is 0. The molecule has 0 saturated heterocycles. The van der Waals surface area contributed by atoms with E-state index in [-0.39, 0.29) is 13.2 Å². The quantitative estimate of drug-likeness (QED) is 0.0927. The average Bonchev–Trinajstić information content (AvgIpc) is 2.98. The van der Waals surface area contributed by atoms with Crippen molar-refractivity contribution in [1.82, 2.24) is 0 Å². The summed E-state index contributed by atoms with van der Waals surface area (Å²) < 4.78 is 32.9. The van der Waals surface area contributed by atoms with Crippen LogP contribution in [0.5, 0.6) is 0 Å². The Balaban J connectivity index is 2.10. The van der Waals surface area contributed by atoms with Gasteiger partial charge in [-0.1, -0.05) is 66.2 Å². The monoisotopic (exact) mass is 566 g/mol. The lowest BCUT2D eigenvalue weighted by Gasteiger charge is -2.14. The van der Waals surface area contributed by atoms with Crippen LogP contribution in [0.3, 0.4) is 0 Å². The van der Waals surface area contributed by atoms with Gasteiger partial charge in [-0.05, 0) is 48.9 Å². The summed E-state index contributed by atoms with van der Waals surface area (Å²) in [4.78, 5) is 24.5. The Hall–Kier alpha value is -2.00. The van der Waals surface area contributed by atoms with Gasteiger partial charge in [-0.15, -0.1) is 0 Å². The van der Waals surface area contributed by atoms with Gasteiger partial charge in [-0.25, -0.2) is 9.59 Å². The van der Waals surface area contributed by atoms with Gasteiger partial charge < -0.3 is 28.4 Å². The van der Waals surface area contributed by atoms with Crippen LogP contribution in [0, 0.1) is 11.8 Å². The molecule has 0 bridgehead atoms. The Morgan fingerprint density at radius 3 is 1.25 bits per heavy atom. The highest BCUT2D eigenvalue weighted by Crippen LogP contribution is 2.13. The summed E-state index contributed by atoms with van der Waals surface area (Å²) in [6, 6.07) is 6.20. The number of esters is 2. The third-order valence-electron chi connectivity index (χ3n) is 6.82. The molecule has 40 heavy (non-hydrogen) atoms. The maximum atomic E-state index is 12.2. The number of unbranched alkanes of at least 4 members (excludes halogenated alkanes) is 2. The van der Waals surface area contributed by atoms with Crippen molar-refractivity contribution in [2.45, 2.75) is 79.1 Å². The first-order chi connectivity index (χ1) is 19.5. The van der Waals surface area contributed by atoms with E-state index in [0.29, 0.717) is 62.6 Å². The van der Waals surface area contributed by atoms with Gasteiger partial charge in [0.1, 0.15) is 13.2 Å². The van der Waals surface area contributed by atoms with Crippen molar-refractivity contribution in [3.63, 3.8) is 0 Å². The van der Waals surface area contributed by atoms with E-state index < -0.39 is 11.9 Å². The van der Waals surface area contributed by atoms with Gasteiger partial charge in [0.15, 0.2) is 0 Å². The van der Waals surface area contributed by atoms with Crippen LogP contribution in [0.15, 0.2) is 24.3 Å². The molecule has 0 radical (unpaired) electrons. The minimum absolute atomic E-state index is 0.153. The van der Waals surface area contributed by atoms with Crippen LogP contribution in [0.4, 0.5) is 0 Å². The van der Waals surface area contributed by atoms with Crippen molar-refractivity contribution in [2.75, 3.05) is 66.1 Å². The molecule has 8 heteroatoms. The molecule has 230 valence electrons. The van der Waals surface area contributed by atoms with E-state index in [1.807, 2.05) is 0 Å². The van der Waals surface area contributed by atoms with Crippen molar-refractivity contribution in [1.29, 1.82) is 0 Å². The Bertz CT molecular complexity index is 689. The highest BCUT2D eigenvalue weighted by Gasteiger charge is 2.11. The lowest BCUT2D eigenvalue weighted by Crippen LogP contribution is -2.16. The fourth-order valence-corrected chi connectivity index (χ4v) is 4.03. The first kappa shape index (κ1) is 36.0. The molecule has 1 aromatic carbocycles. The van der Waals surface area contributed by atoms with Gasteiger partial charge in [-0.3, -0.25) is 0 Å². The number of benzene rings is 1. The molecule has 0 fully saturated rings. The van der Waals surface area contributed by atoms with Crippen LogP contribution in [0.2, 0.25) is 0 Å². The van der Waals surface area contributed by atoms with Gasteiger partial charge >= 0.3 is 11.9 Å². The first-order valence-corrected chi connectivity index (χ1v) is 15.3. The van der Waals surface area contributed by atoms with Gasteiger partial charge in [0.25, 0.3) is 0 Å². The predicted octanol–water partition coefficient (Wildman–Crippen LogP) is 6.50. The zero-order valence-electron chi connectivity index (χ0n) is 25.5. The van der Waals surface area contributed by atoms with Crippen LogP contribution >= 0.6 is 0 Å². The second-order valence-electron chi connectivity index (χ2n) is 10.1. The molecule has 0 aliphatic heterocycles. The third-order valence-corrected chi connectivity index (χ3v) is 6.82. The molecular formula is C32H54O8. The fourth-order valence-electron chi connectivity index (χ4n) is 4.03. The van der Waals surface area contributed by atoms with Crippen molar-refractivity contribution in [3.8, 4) is 0 Å². The van der Waals surface area contributed by atoms with E-state index in [0.717, 1.165) is 26.1 Å². The Labute approximate surface area is 242 Å². The van der Waals surface area contributed by atoms with Crippen LogP contribution in [0.25, 0.3) is 0 Å². The second-order valence-corrected chi connectivity index (χ2v) is 10.1. The summed E-state index contributed by atoms with van der Waals surface area (Å²) in [5.41, 5.74) is 0.724. The zero-order valence-corrected chi connectivity index (χ0v) is 25.5. The molecule has 0 amide bonds. The van der Waals surface area contributed by atoms with Crippen LogP contribution in [0.1, 0.15) is 99.8 Å². The summed E-state index contributed by atoms with van der Waals surface area (Å²) in [6.45, 7) is 13.2. The van der Waals surface area contributed by atoms with E-state index in [9.17, 15) is 9.59 Å². The number of ether oxygens (including phenoxy) is 6. The number of carbonyl (C=O) groups is 2. The fraction of sp³-hybridized carbons (Fsp3) is 0.750. The molecule has 0 aliphatic carbocycles. The molecule has 1 rings (SSSR count). The van der Waals surface area contributed by atoms with Gasteiger partial charge in [0, 0.05) is 13.2 Å². The van der Waals surface area contributed by atoms with Crippen LogP contribution in [-0.2, 0) is 28.4 Å². The normalized spacial score (nSPS) is 12.7. The maximum absolute atomic E-state index is 12.2. The summed E-state index contributed by atoms with van der Waals surface area (Å²) in [7, 11) is 0. The van der Waals surface area contributed by atoms with Gasteiger partial charge in [-0.2, -0.15) is 0 Å². The second kappa shape index (κ2) is 24.8. The highest BCUT2D eigenvalue weighted by molar-refractivity contribution is 5.93. The van der Waals surface area contributed by atoms with Crippen molar-refractivity contribution in [2.24, 2.45) is 11.8 Å². The van der Waals surface area contributed by atoms with Crippen molar-refractivity contribution >= 4 is 11.9 Å². The summed E-state index contributed by atoms with van der Waals surface area (Å²) >= 11 is 0.